The third kappa shape index (κ3) is 5.28. The molecule has 1 aliphatic heterocycles. The summed E-state index contributed by atoms with van der Waals surface area (Å²) in [6.45, 7) is 0. The molecule has 0 amide bonds. The first-order valence-corrected chi connectivity index (χ1v) is 15.6. The summed E-state index contributed by atoms with van der Waals surface area (Å²) in [7, 11) is 4.79. The van der Waals surface area contributed by atoms with Gasteiger partial charge in [0.05, 0.1) is 43.2 Å². The Morgan fingerprint density at radius 2 is 1.59 bits per heavy atom. The highest BCUT2D eigenvalue weighted by atomic mass is 32.1. The van der Waals surface area contributed by atoms with E-state index < -0.39 is 5.97 Å². The van der Waals surface area contributed by atoms with Crippen molar-refractivity contribution in [3.63, 3.8) is 0 Å². The summed E-state index contributed by atoms with van der Waals surface area (Å²) in [5, 5.41) is 0. The molecule has 0 unspecified atom stereocenters. The number of thiazole rings is 1. The van der Waals surface area contributed by atoms with Gasteiger partial charge in [0.25, 0.3) is 5.56 Å². The van der Waals surface area contributed by atoms with Crippen LogP contribution in [0, 0.1) is 0 Å². The Hall–Kier alpha value is -5.41. The number of fused-ring (bicyclic) bond motifs is 3. The summed E-state index contributed by atoms with van der Waals surface area (Å²) < 4.78 is 24.2. The highest BCUT2D eigenvalue weighted by molar-refractivity contribution is 7.07. The van der Waals surface area contributed by atoms with Crippen LogP contribution in [-0.2, 0) is 6.42 Å². The molecule has 1 aromatic heterocycles. The molecule has 0 saturated carbocycles. The van der Waals surface area contributed by atoms with Crippen molar-refractivity contribution in [1.29, 1.82) is 0 Å². The van der Waals surface area contributed by atoms with E-state index in [4.69, 9.17) is 23.9 Å². The minimum atomic E-state index is -0.468. The van der Waals surface area contributed by atoms with Crippen molar-refractivity contribution in [3.8, 4) is 23.0 Å². The van der Waals surface area contributed by atoms with Gasteiger partial charge in [0.1, 0.15) is 11.5 Å². The molecule has 5 aromatic rings. The lowest BCUT2D eigenvalue weighted by Crippen LogP contribution is -2.38. The molecular weight excluding hydrogens is 600 g/mol. The zero-order chi connectivity index (χ0) is 31.8. The highest BCUT2D eigenvalue weighted by Gasteiger charge is 2.33. The number of methoxy groups -OCH3 is 3. The monoisotopic (exact) mass is 630 g/mol. The molecule has 0 N–H and O–H groups in total. The molecule has 7 rings (SSSR count). The van der Waals surface area contributed by atoms with Crippen LogP contribution in [0.15, 0.2) is 106 Å². The minimum absolute atomic E-state index is 0.121. The number of hydrogen-bond donors (Lipinski definition) is 0. The van der Waals surface area contributed by atoms with Gasteiger partial charge < -0.3 is 18.9 Å². The van der Waals surface area contributed by atoms with Gasteiger partial charge >= 0.3 is 5.97 Å². The van der Waals surface area contributed by atoms with Gasteiger partial charge in [-0.1, -0.05) is 53.8 Å². The number of aromatic nitrogens is 1. The Morgan fingerprint density at radius 3 is 2.33 bits per heavy atom. The molecule has 0 fully saturated rings. The molecule has 2 heterocycles. The Kier molecular flexibility index (Phi) is 7.76. The topological polar surface area (TPSA) is 88.4 Å². The molecule has 0 radical (unpaired) electrons. The molecule has 0 spiro atoms. The van der Waals surface area contributed by atoms with E-state index in [9.17, 15) is 9.59 Å². The quantitative estimate of drug-likeness (QED) is 0.173. The molecule has 8 nitrogen and oxygen atoms in total. The second-order valence-electron chi connectivity index (χ2n) is 10.9. The molecule has 46 heavy (non-hydrogen) atoms. The number of allylic oxidation sites excluding steroid dienone is 1. The standard InChI is InChI=1S/C37H30N2O6S/c1-42-26-16-10-24(11-17-26)36(41)45-27-14-8-22(9-15-27)20-32-35(40)39-34(25-13-19-30(43-2)31(21-25)44-3)29-18-12-23-6-4-5-7-28(23)33(29)38-37(39)46-32/h4-11,13-17,19-21,34H,12,18H2,1-3H3/b32-20-/t34-/m0/s1. The van der Waals surface area contributed by atoms with Gasteiger partial charge in [0.2, 0.25) is 0 Å². The lowest BCUT2D eigenvalue weighted by Gasteiger charge is -2.31. The number of esters is 1. The SMILES string of the molecule is COc1ccc(C(=O)Oc2ccc(/C=c3\sc4n(c3=O)[C@@H](c3ccc(OC)c(OC)c3)C3=C(N=4)c4ccccc4CC3)cc2)cc1. The van der Waals surface area contributed by atoms with Crippen LogP contribution in [0.4, 0.5) is 0 Å². The number of benzene rings is 4. The number of carbonyl (C=O) groups is 1. The second kappa shape index (κ2) is 12.2. The number of aryl methyl sites for hydroxylation is 1. The van der Waals surface area contributed by atoms with Crippen molar-refractivity contribution in [2.24, 2.45) is 4.99 Å². The van der Waals surface area contributed by atoms with E-state index in [2.05, 4.69) is 18.2 Å². The van der Waals surface area contributed by atoms with Crippen LogP contribution >= 0.6 is 11.3 Å². The lowest BCUT2D eigenvalue weighted by molar-refractivity contribution is 0.0734. The van der Waals surface area contributed by atoms with Crippen LogP contribution in [0.1, 0.15) is 45.1 Å². The van der Waals surface area contributed by atoms with Crippen molar-refractivity contribution in [1.82, 2.24) is 4.57 Å². The minimum Gasteiger partial charge on any atom is -0.497 e. The largest absolute Gasteiger partial charge is 0.497 e. The second-order valence-corrected chi connectivity index (χ2v) is 11.9. The third-order valence-corrected chi connectivity index (χ3v) is 9.29. The Labute approximate surface area is 269 Å². The van der Waals surface area contributed by atoms with Gasteiger partial charge in [0.15, 0.2) is 16.3 Å². The third-order valence-electron chi connectivity index (χ3n) is 8.31. The fourth-order valence-corrected chi connectivity index (χ4v) is 7.02. The maximum atomic E-state index is 14.1. The van der Waals surface area contributed by atoms with E-state index in [1.807, 2.05) is 42.5 Å². The van der Waals surface area contributed by atoms with Crippen molar-refractivity contribution in [3.05, 3.63) is 144 Å². The number of nitrogens with zero attached hydrogens (tertiary/aromatic N) is 2. The number of hydrogen-bond acceptors (Lipinski definition) is 8. The van der Waals surface area contributed by atoms with Crippen molar-refractivity contribution in [2.45, 2.75) is 18.9 Å². The van der Waals surface area contributed by atoms with E-state index in [0.29, 0.717) is 37.9 Å². The molecule has 0 bridgehead atoms. The van der Waals surface area contributed by atoms with Crippen molar-refractivity contribution >= 4 is 29.1 Å². The fraction of sp³-hybridized carbons (Fsp3) is 0.162. The predicted octanol–water partition coefficient (Wildman–Crippen LogP) is 5.56. The summed E-state index contributed by atoms with van der Waals surface area (Å²) in [5.41, 5.74) is 6.41. The van der Waals surface area contributed by atoms with Gasteiger partial charge in [-0.25, -0.2) is 9.79 Å². The summed E-state index contributed by atoms with van der Waals surface area (Å²) in [6.07, 6.45) is 3.50. The summed E-state index contributed by atoms with van der Waals surface area (Å²) >= 11 is 1.36. The predicted molar refractivity (Wildman–Crippen MR) is 177 cm³/mol. The molecule has 4 aromatic carbocycles. The van der Waals surface area contributed by atoms with Crippen molar-refractivity contribution < 1.29 is 23.7 Å². The Morgan fingerprint density at radius 1 is 0.848 bits per heavy atom. The first-order chi connectivity index (χ1) is 22.5. The number of carbonyl (C=O) groups excluding carboxylic acids is 1. The average molecular weight is 631 g/mol. The smallest absolute Gasteiger partial charge is 0.343 e. The fourth-order valence-electron chi connectivity index (χ4n) is 6.02. The lowest BCUT2D eigenvalue weighted by atomic mass is 9.83. The molecule has 0 saturated heterocycles. The van der Waals surface area contributed by atoms with E-state index in [-0.39, 0.29) is 11.6 Å². The van der Waals surface area contributed by atoms with Gasteiger partial charge in [-0.05, 0) is 89.7 Å². The first kappa shape index (κ1) is 29.3. The van der Waals surface area contributed by atoms with Gasteiger partial charge in [-0.2, -0.15) is 0 Å². The van der Waals surface area contributed by atoms with Crippen LogP contribution in [0.5, 0.6) is 23.0 Å². The van der Waals surface area contributed by atoms with Crippen LogP contribution < -0.4 is 33.8 Å². The molecule has 1 atom stereocenters. The summed E-state index contributed by atoms with van der Waals surface area (Å²) in [6, 6.07) is 27.6. The molecule has 9 heteroatoms. The van der Waals surface area contributed by atoms with Crippen molar-refractivity contribution in [2.75, 3.05) is 21.3 Å². The first-order valence-electron chi connectivity index (χ1n) is 14.8. The Bertz CT molecular complexity index is 2180. The van der Waals surface area contributed by atoms with Crippen LogP contribution in [0.25, 0.3) is 11.8 Å². The maximum absolute atomic E-state index is 14.1. The van der Waals surface area contributed by atoms with Gasteiger partial charge in [0, 0.05) is 5.56 Å². The normalized spacial score (nSPS) is 15.3. The van der Waals surface area contributed by atoms with Crippen LogP contribution in [0.2, 0.25) is 0 Å². The van der Waals surface area contributed by atoms with E-state index in [1.54, 1.807) is 62.3 Å². The number of rotatable bonds is 7. The average Bonchev–Trinajstić information content (AvgIpc) is 3.41. The van der Waals surface area contributed by atoms with Gasteiger partial charge in [-0.15, -0.1) is 0 Å². The zero-order valence-electron chi connectivity index (χ0n) is 25.5. The van der Waals surface area contributed by atoms with E-state index >= 15 is 0 Å². The van der Waals surface area contributed by atoms with Gasteiger partial charge in [-0.3, -0.25) is 9.36 Å². The van der Waals surface area contributed by atoms with E-state index in [1.165, 1.54) is 16.9 Å². The van der Waals surface area contributed by atoms with Crippen LogP contribution in [-0.4, -0.2) is 31.9 Å². The summed E-state index contributed by atoms with van der Waals surface area (Å²) in [5.74, 6) is 1.82. The highest BCUT2D eigenvalue weighted by Crippen LogP contribution is 2.42. The molecule has 2 aliphatic rings. The van der Waals surface area contributed by atoms with E-state index in [0.717, 1.165) is 40.8 Å². The maximum Gasteiger partial charge on any atom is 0.343 e. The zero-order valence-corrected chi connectivity index (χ0v) is 26.3. The number of ether oxygens (including phenoxy) is 4. The van der Waals surface area contributed by atoms with Crippen LogP contribution in [0.3, 0.4) is 0 Å². The Balaban J connectivity index is 1.27. The molecular formula is C37H30N2O6S. The summed E-state index contributed by atoms with van der Waals surface area (Å²) in [4.78, 5) is 32.5. The molecule has 230 valence electrons. The molecule has 1 aliphatic carbocycles.